The van der Waals surface area contributed by atoms with E-state index in [1.807, 2.05) is 18.4 Å². The normalized spacial score (nSPS) is 18.5. The molecule has 0 aliphatic carbocycles. The van der Waals surface area contributed by atoms with Crippen molar-refractivity contribution in [2.75, 3.05) is 18.8 Å². The van der Waals surface area contributed by atoms with Gasteiger partial charge in [-0.25, -0.2) is 0 Å². The van der Waals surface area contributed by atoms with Crippen LogP contribution in [0.3, 0.4) is 0 Å². The number of thioether (sulfide) groups is 1. The Morgan fingerprint density at radius 2 is 2.39 bits per heavy atom. The highest BCUT2D eigenvalue weighted by Gasteiger charge is 2.16. The van der Waals surface area contributed by atoms with Crippen LogP contribution in [0.5, 0.6) is 0 Å². The van der Waals surface area contributed by atoms with E-state index in [-0.39, 0.29) is 11.9 Å². The zero-order valence-corrected chi connectivity index (χ0v) is 12.3. The Labute approximate surface area is 117 Å². The highest BCUT2D eigenvalue weighted by Crippen LogP contribution is 2.21. The predicted octanol–water partition coefficient (Wildman–Crippen LogP) is 2.41. The van der Waals surface area contributed by atoms with Gasteiger partial charge in [-0.05, 0) is 44.3 Å². The van der Waals surface area contributed by atoms with Gasteiger partial charge >= 0.3 is 0 Å². The standard InChI is InChI=1S/C13H20N2OS2/c1-10(12-3-2-8-17-12)15-13(16)9-18-11-4-6-14-7-5-11/h2-3,8,10-11,14H,4-7,9H2,1H3,(H,15,16)/t10-/m0/s1. The third-order valence-electron chi connectivity index (χ3n) is 3.08. The highest BCUT2D eigenvalue weighted by atomic mass is 32.2. The Kier molecular flexibility index (Phi) is 5.53. The second-order valence-corrected chi connectivity index (χ2v) is 6.83. The lowest BCUT2D eigenvalue weighted by Crippen LogP contribution is -2.32. The lowest BCUT2D eigenvalue weighted by Gasteiger charge is -2.22. The molecule has 2 heterocycles. The Hall–Kier alpha value is -0.520. The summed E-state index contributed by atoms with van der Waals surface area (Å²) >= 11 is 3.49. The monoisotopic (exact) mass is 284 g/mol. The number of hydrogen-bond acceptors (Lipinski definition) is 4. The number of piperidine rings is 1. The van der Waals surface area contributed by atoms with Gasteiger partial charge in [-0.15, -0.1) is 23.1 Å². The van der Waals surface area contributed by atoms with Gasteiger partial charge in [-0.2, -0.15) is 0 Å². The molecule has 5 heteroatoms. The van der Waals surface area contributed by atoms with Crippen molar-refractivity contribution in [2.45, 2.75) is 31.1 Å². The van der Waals surface area contributed by atoms with Gasteiger partial charge in [0.1, 0.15) is 0 Å². The molecular formula is C13H20N2OS2. The summed E-state index contributed by atoms with van der Waals surface area (Å²) in [5.41, 5.74) is 0. The van der Waals surface area contributed by atoms with Gasteiger partial charge < -0.3 is 10.6 Å². The summed E-state index contributed by atoms with van der Waals surface area (Å²) in [6.07, 6.45) is 2.36. The Bertz CT molecular complexity index is 361. The maximum absolute atomic E-state index is 11.8. The van der Waals surface area contributed by atoms with Crippen molar-refractivity contribution < 1.29 is 4.79 Å². The summed E-state index contributed by atoms with van der Waals surface area (Å²) in [5, 5.41) is 9.09. The molecule has 1 aromatic rings. The van der Waals surface area contributed by atoms with Crippen molar-refractivity contribution in [1.29, 1.82) is 0 Å². The highest BCUT2D eigenvalue weighted by molar-refractivity contribution is 8.00. The first-order valence-electron chi connectivity index (χ1n) is 6.41. The number of hydrogen-bond donors (Lipinski definition) is 2. The van der Waals surface area contributed by atoms with E-state index in [0.29, 0.717) is 11.0 Å². The van der Waals surface area contributed by atoms with E-state index >= 15 is 0 Å². The smallest absolute Gasteiger partial charge is 0.230 e. The summed E-state index contributed by atoms with van der Waals surface area (Å²) in [6, 6.07) is 4.22. The van der Waals surface area contributed by atoms with Crippen LogP contribution >= 0.6 is 23.1 Å². The molecule has 1 fully saturated rings. The molecule has 100 valence electrons. The van der Waals surface area contributed by atoms with Crippen molar-refractivity contribution >= 4 is 29.0 Å². The van der Waals surface area contributed by atoms with Crippen molar-refractivity contribution in [1.82, 2.24) is 10.6 Å². The summed E-state index contributed by atoms with van der Waals surface area (Å²) in [4.78, 5) is 13.1. The molecule has 1 aliphatic rings. The second-order valence-electron chi connectivity index (χ2n) is 4.56. The quantitative estimate of drug-likeness (QED) is 0.872. The summed E-state index contributed by atoms with van der Waals surface area (Å²) in [6.45, 7) is 4.22. The topological polar surface area (TPSA) is 41.1 Å². The zero-order valence-electron chi connectivity index (χ0n) is 10.6. The fourth-order valence-corrected chi connectivity index (χ4v) is 3.82. The number of nitrogens with one attached hydrogen (secondary N) is 2. The van der Waals surface area contributed by atoms with Crippen molar-refractivity contribution in [3.05, 3.63) is 22.4 Å². The summed E-state index contributed by atoms with van der Waals surface area (Å²) in [5.74, 6) is 0.736. The zero-order chi connectivity index (χ0) is 12.8. The first-order chi connectivity index (χ1) is 8.75. The summed E-state index contributed by atoms with van der Waals surface area (Å²) < 4.78 is 0. The molecule has 18 heavy (non-hydrogen) atoms. The van der Waals surface area contributed by atoms with Crippen LogP contribution in [0.15, 0.2) is 17.5 Å². The minimum atomic E-state index is 0.131. The van der Waals surface area contributed by atoms with Gasteiger partial charge in [0, 0.05) is 10.1 Å². The lowest BCUT2D eigenvalue weighted by atomic mass is 10.2. The van der Waals surface area contributed by atoms with E-state index in [0.717, 1.165) is 13.1 Å². The minimum absolute atomic E-state index is 0.131. The largest absolute Gasteiger partial charge is 0.348 e. The molecule has 0 spiro atoms. The molecule has 0 unspecified atom stereocenters. The van der Waals surface area contributed by atoms with E-state index in [4.69, 9.17) is 0 Å². The molecule has 1 aliphatic heterocycles. The van der Waals surface area contributed by atoms with Crippen molar-refractivity contribution in [3.63, 3.8) is 0 Å². The van der Waals surface area contributed by atoms with E-state index in [2.05, 4.69) is 16.7 Å². The third kappa shape index (κ3) is 4.30. The lowest BCUT2D eigenvalue weighted by molar-refractivity contribution is -0.119. The molecule has 0 bridgehead atoms. The average Bonchev–Trinajstić information content (AvgIpc) is 2.91. The number of amides is 1. The molecule has 1 amide bonds. The Morgan fingerprint density at radius 1 is 1.61 bits per heavy atom. The van der Waals surface area contributed by atoms with E-state index < -0.39 is 0 Å². The van der Waals surface area contributed by atoms with Crippen LogP contribution in [0, 0.1) is 0 Å². The molecule has 1 saturated heterocycles. The number of carbonyl (C=O) groups is 1. The van der Waals surface area contributed by atoms with Crippen LogP contribution in [0.1, 0.15) is 30.7 Å². The van der Waals surface area contributed by atoms with Crippen LogP contribution in [0.25, 0.3) is 0 Å². The van der Waals surface area contributed by atoms with Gasteiger partial charge in [-0.1, -0.05) is 6.07 Å². The van der Waals surface area contributed by atoms with Crippen LogP contribution in [-0.2, 0) is 4.79 Å². The molecule has 0 radical (unpaired) electrons. The van der Waals surface area contributed by atoms with E-state index in [9.17, 15) is 4.79 Å². The SMILES string of the molecule is C[C@H](NC(=O)CSC1CCNCC1)c1cccs1. The number of rotatable bonds is 5. The van der Waals surface area contributed by atoms with E-state index in [1.165, 1.54) is 17.7 Å². The van der Waals surface area contributed by atoms with Crippen LogP contribution < -0.4 is 10.6 Å². The summed E-state index contributed by atoms with van der Waals surface area (Å²) in [7, 11) is 0. The number of thiophene rings is 1. The average molecular weight is 284 g/mol. The maximum atomic E-state index is 11.8. The molecular weight excluding hydrogens is 264 g/mol. The number of carbonyl (C=O) groups excluding carboxylic acids is 1. The molecule has 2 N–H and O–H groups in total. The molecule has 2 rings (SSSR count). The van der Waals surface area contributed by atoms with Gasteiger partial charge in [0.2, 0.25) is 5.91 Å². The maximum Gasteiger partial charge on any atom is 0.230 e. The Morgan fingerprint density at radius 3 is 3.06 bits per heavy atom. The molecule has 1 atom stereocenters. The molecule has 0 saturated carbocycles. The first-order valence-corrected chi connectivity index (χ1v) is 8.33. The molecule has 3 nitrogen and oxygen atoms in total. The van der Waals surface area contributed by atoms with Crippen LogP contribution in [0.4, 0.5) is 0 Å². The molecule has 1 aromatic heterocycles. The minimum Gasteiger partial charge on any atom is -0.348 e. The van der Waals surface area contributed by atoms with E-state index in [1.54, 1.807) is 23.1 Å². The van der Waals surface area contributed by atoms with Gasteiger partial charge in [-0.3, -0.25) is 4.79 Å². The van der Waals surface area contributed by atoms with Crippen LogP contribution in [0.2, 0.25) is 0 Å². The fraction of sp³-hybridized carbons (Fsp3) is 0.615. The third-order valence-corrected chi connectivity index (χ3v) is 5.51. The van der Waals surface area contributed by atoms with Crippen LogP contribution in [-0.4, -0.2) is 30.0 Å². The fourth-order valence-electron chi connectivity index (χ4n) is 2.05. The van der Waals surface area contributed by atoms with Gasteiger partial charge in [0.25, 0.3) is 0 Å². The predicted molar refractivity (Wildman–Crippen MR) is 79.2 cm³/mol. The second kappa shape index (κ2) is 7.16. The van der Waals surface area contributed by atoms with Crippen molar-refractivity contribution in [3.8, 4) is 0 Å². The first kappa shape index (κ1) is 13.9. The van der Waals surface area contributed by atoms with Gasteiger partial charge in [0.15, 0.2) is 0 Å². The van der Waals surface area contributed by atoms with Crippen molar-refractivity contribution in [2.24, 2.45) is 0 Å². The molecule has 0 aromatic carbocycles. The van der Waals surface area contributed by atoms with Gasteiger partial charge in [0.05, 0.1) is 11.8 Å². The Balaban J connectivity index is 1.68.